The van der Waals surface area contributed by atoms with Crippen LogP contribution in [0.5, 0.6) is 0 Å². The predicted octanol–water partition coefficient (Wildman–Crippen LogP) is 3.16. The van der Waals surface area contributed by atoms with Crippen molar-refractivity contribution in [3.05, 3.63) is 22.4 Å². The fourth-order valence-electron chi connectivity index (χ4n) is 1.99. The van der Waals surface area contributed by atoms with Gasteiger partial charge in [-0.15, -0.1) is 0 Å². The molecule has 0 N–H and O–H groups in total. The number of amides is 1. The Hall–Kier alpha value is -0.810. The average Bonchev–Trinajstić information content (AvgIpc) is 2.79. The van der Waals surface area contributed by atoms with Crippen molar-refractivity contribution >= 4 is 21.8 Å². The van der Waals surface area contributed by atoms with E-state index in [0.717, 1.165) is 23.1 Å². The molecule has 0 aliphatic heterocycles. The Bertz CT molecular complexity index is 418. The molecule has 19 heavy (non-hydrogen) atoms. The number of ether oxygens (including phenoxy) is 1. The molecule has 1 atom stereocenters. The number of nitrogens with zero attached hydrogens (tertiary/aromatic N) is 2. The molecule has 1 amide bonds. The molecule has 0 spiro atoms. The van der Waals surface area contributed by atoms with Crippen molar-refractivity contribution in [2.75, 3.05) is 20.3 Å². The van der Waals surface area contributed by atoms with Crippen molar-refractivity contribution in [1.82, 2.24) is 9.47 Å². The van der Waals surface area contributed by atoms with Gasteiger partial charge in [0.05, 0.1) is 6.61 Å². The van der Waals surface area contributed by atoms with Gasteiger partial charge >= 0.3 is 0 Å². The fourth-order valence-corrected chi connectivity index (χ4v) is 2.46. The van der Waals surface area contributed by atoms with Gasteiger partial charge in [-0.1, -0.05) is 6.92 Å². The monoisotopic (exact) mass is 330 g/mol. The lowest BCUT2D eigenvalue weighted by Gasteiger charge is -2.28. The summed E-state index contributed by atoms with van der Waals surface area (Å²) in [5.41, 5.74) is 0.728. The van der Waals surface area contributed by atoms with Crippen molar-refractivity contribution in [2.24, 2.45) is 0 Å². The smallest absolute Gasteiger partial charge is 0.270 e. The number of aryl methyl sites for hydroxylation is 1. The lowest BCUT2D eigenvalue weighted by atomic mass is 10.2. The highest BCUT2D eigenvalue weighted by Crippen LogP contribution is 2.18. The summed E-state index contributed by atoms with van der Waals surface area (Å²) in [7, 11) is 1.66. The number of carbonyl (C=O) groups excluding carboxylic acids is 1. The quantitative estimate of drug-likeness (QED) is 0.769. The zero-order chi connectivity index (χ0) is 14.4. The lowest BCUT2D eigenvalue weighted by molar-refractivity contribution is 0.0603. The van der Waals surface area contributed by atoms with Crippen LogP contribution < -0.4 is 0 Å². The topological polar surface area (TPSA) is 34.5 Å². The number of carbonyl (C=O) groups is 1. The molecule has 1 aromatic rings. The van der Waals surface area contributed by atoms with Crippen LogP contribution in [0.2, 0.25) is 0 Å². The largest absolute Gasteiger partial charge is 0.383 e. The van der Waals surface area contributed by atoms with Crippen LogP contribution in [0.15, 0.2) is 16.7 Å². The Kier molecular flexibility index (Phi) is 6.58. The number of rotatable bonds is 7. The molecule has 1 unspecified atom stereocenters. The summed E-state index contributed by atoms with van der Waals surface area (Å²) in [6.07, 6.45) is 2.88. The van der Waals surface area contributed by atoms with Crippen LogP contribution in [0.4, 0.5) is 0 Å². The summed E-state index contributed by atoms with van der Waals surface area (Å²) < 4.78 is 8.01. The van der Waals surface area contributed by atoms with E-state index >= 15 is 0 Å². The summed E-state index contributed by atoms with van der Waals surface area (Å²) >= 11 is 3.43. The van der Waals surface area contributed by atoms with Crippen molar-refractivity contribution in [3.63, 3.8) is 0 Å². The third-order valence-electron chi connectivity index (χ3n) is 3.34. The summed E-state index contributed by atoms with van der Waals surface area (Å²) in [6, 6.07) is 2.09. The zero-order valence-corrected chi connectivity index (χ0v) is 13.7. The minimum absolute atomic E-state index is 0.0685. The number of halogens is 1. The first kappa shape index (κ1) is 16.2. The third kappa shape index (κ3) is 4.08. The van der Waals surface area contributed by atoms with Crippen LogP contribution in [0.3, 0.4) is 0 Å². The predicted molar refractivity (Wildman–Crippen MR) is 80.5 cm³/mol. The molecule has 0 fully saturated rings. The van der Waals surface area contributed by atoms with E-state index in [1.165, 1.54) is 0 Å². The first-order valence-corrected chi connectivity index (χ1v) is 7.49. The van der Waals surface area contributed by atoms with Gasteiger partial charge in [-0.25, -0.2) is 0 Å². The zero-order valence-electron chi connectivity index (χ0n) is 12.1. The number of hydrogen-bond acceptors (Lipinski definition) is 2. The molecule has 4 nitrogen and oxygen atoms in total. The van der Waals surface area contributed by atoms with Gasteiger partial charge in [0.1, 0.15) is 5.69 Å². The highest BCUT2D eigenvalue weighted by atomic mass is 79.9. The van der Waals surface area contributed by atoms with Gasteiger partial charge in [0, 0.05) is 36.9 Å². The normalized spacial score (nSPS) is 12.5. The molecule has 1 heterocycles. The second-order valence-electron chi connectivity index (χ2n) is 4.58. The molecule has 0 aliphatic rings. The van der Waals surface area contributed by atoms with Crippen LogP contribution in [-0.4, -0.2) is 41.7 Å². The molecule has 0 aliphatic carbocycles. The Morgan fingerprint density at radius 1 is 1.53 bits per heavy atom. The second-order valence-corrected chi connectivity index (χ2v) is 5.49. The average molecular weight is 331 g/mol. The second kappa shape index (κ2) is 7.70. The SMILES string of the molecule is CCC(C)N(CCOC)C(=O)c1cc(Br)cn1CC. The van der Waals surface area contributed by atoms with Gasteiger partial charge in [0.25, 0.3) is 5.91 Å². The highest BCUT2D eigenvalue weighted by Gasteiger charge is 2.23. The van der Waals surface area contributed by atoms with Crippen LogP contribution in [0.1, 0.15) is 37.7 Å². The molecule has 0 aromatic carbocycles. The maximum Gasteiger partial charge on any atom is 0.270 e. The molecular formula is C14H23BrN2O2. The Labute approximate surface area is 123 Å². The number of hydrogen-bond donors (Lipinski definition) is 0. The third-order valence-corrected chi connectivity index (χ3v) is 3.78. The van der Waals surface area contributed by atoms with Gasteiger partial charge in [0.2, 0.25) is 0 Å². The van der Waals surface area contributed by atoms with Crippen molar-refractivity contribution in [3.8, 4) is 0 Å². The van der Waals surface area contributed by atoms with Gasteiger partial charge in [-0.3, -0.25) is 4.79 Å². The van der Waals surface area contributed by atoms with E-state index in [1.807, 2.05) is 28.7 Å². The standard InChI is InChI=1S/C14H23BrN2O2/c1-5-11(3)17(7-8-19-4)14(18)13-9-12(15)10-16(13)6-2/h9-11H,5-8H2,1-4H3. The molecule has 5 heteroatoms. The van der Waals surface area contributed by atoms with Gasteiger partial charge in [-0.2, -0.15) is 0 Å². The molecule has 1 aromatic heterocycles. The van der Waals surface area contributed by atoms with Crippen molar-refractivity contribution < 1.29 is 9.53 Å². The summed E-state index contributed by atoms with van der Waals surface area (Å²) in [5.74, 6) is 0.0685. The first-order chi connectivity index (χ1) is 9.04. The van der Waals surface area contributed by atoms with E-state index in [0.29, 0.717) is 13.2 Å². The summed E-state index contributed by atoms with van der Waals surface area (Å²) in [4.78, 5) is 14.6. The van der Waals surface area contributed by atoms with Gasteiger partial charge in [0.15, 0.2) is 0 Å². The molecule has 108 valence electrons. The van der Waals surface area contributed by atoms with Crippen molar-refractivity contribution in [1.29, 1.82) is 0 Å². The van der Waals surface area contributed by atoms with E-state index in [4.69, 9.17) is 4.74 Å². The van der Waals surface area contributed by atoms with Crippen LogP contribution >= 0.6 is 15.9 Å². The minimum atomic E-state index is 0.0685. The molecule has 1 rings (SSSR count). The Balaban J connectivity index is 2.97. The van der Waals surface area contributed by atoms with Crippen LogP contribution in [0.25, 0.3) is 0 Å². The van der Waals surface area contributed by atoms with Gasteiger partial charge < -0.3 is 14.2 Å². The molecule has 0 bridgehead atoms. The molecule has 0 saturated carbocycles. The van der Waals surface area contributed by atoms with E-state index in [2.05, 4.69) is 29.8 Å². The Morgan fingerprint density at radius 3 is 2.74 bits per heavy atom. The highest BCUT2D eigenvalue weighted by molar-refractivity contribution is 9.10. The summed E-state index contributed by atoms with van der Waals surface area (Å²) in [6.45, 7) is 8.16. The molecule has 0 saturated heterocycles. The number of methoxy groups -OCH3 is 1. The first-order valence-electron chi connectivity index (χ1n) is 6.70. The minimum Gasteiger partial charge on any atom is -0.383 e. The van der Waals surface area contributed by atoms with Crippen molar-refractivity contribution in [2.45, 2.75) is 39.8 Å². The maximum absolute atomic E-state index is 12.7. The molecular weight excluding hydrogens is 308 g/mol. The van der Waals surface area contributed by atoms with Crippen LogP contribution in [0, 0.1) is 0 Å². The number of aromatic nitrogens is 1. The van der Waals surface area contributed by atoms with E-state index in [-0.39, 0.29) is 11.9 Å². The molecule has 0 radical (unpaired) electrons. The van der Waals surface area contributed by atoms with E-state index in [9.17, 15) is 4.79 Å². The fraction of sp³-hybridized carbons (Fsp3) is 0.643. The van der Waals surface area contributed by atoms with Crippen LogP contribution in [-0.2, 0) is 11.3 Å². The van der Waals surface area contributed by atoms with E-state index < -0.39 is 0 Å². The summed E-state index contributed by atoms with van der Waals surface area (Å²) in [5, 5.41) is 0. The Morgan fingerprint density at radius 2 is 2.21 bits per heavy atom. The van der Waals surface area contributed by atoms with E-state index in [1.54, 1.807) is 7.11 Å². The van der Waals surface area contributed by atoms with Gasteiger partial charge in [-0.05, 0) is 42.3 Å². The maximum atomic E-state index is 12.7. The lowest BCUT2D eigenvalue weighted by Crippen LogP contribution is -2.41.